The van der Waals surface area contributed by atoms with E-state index in [1.54, 1.807) is 29.2 Å². The minimum atomic E-state index is -3.99. The topological polar surface area (TPSA) is 118 Å². The fraction of sp³-hybridized carbons (Fsp3) is 0.167. The lowest BCUT2D eigenvalue weighted by atomic mass is 10.1. The second kappa shape index (κ2) is 8.71. The number of aromatic nitrogens is 2. The van der Waals surface area contributed by atoms with Crippen molar-refractivity contribution in [3.8, 4) is 0 Å². The number of sulfonamides is 1. The van der Waals surface area contributed by atoms with Gasteiger partial charge < -0.3 is 19.8 Å². The number of piperazine rings is 1. The van der Waals surface area contributed by atoms with E-state index in [1.165, 1.54) is 18.2 Å². The van der Waals surface area contributed by atoms with Crippen molar-refractivity contribution in [1.82, 2.24) is 14.9 Å². The summed E-state index contributed by atoms with van der Waals surface area (Å²) in [7, 11) is -3.99. The van der Waals surface area contributed by atoms with Crippen LogP contribution in [0.5, 0.6) is 0 Å². The first-order valence-corrected chi connectivity index (χ1v) is 12.3. The average Bonchev–Trinajstić information content (AvgIpc) is 3.24. The number of carbonyl (C=O) groups is 1. The molecule has 1 aliphatic heterocycles. The number of hydrogen-bond acceptors (Lipinski definition) is 5. The third kappa shape index (κ3) is 4.27. The number of imidazole rings is 1. The summed E-state index contributed by atoms with van der Waals surface area (Å²) in [6, 6.07) is 20.9. The summed E-state index contributed by atoms with van der Waals surface area (Å²) in [6.07, 6.45) is 0. The molecule has 1 fully saturated rings. The van der Waals surface area contributed by atoms with E-state index in [9.17, 15) is 18.0 Å². The van der Waals surface area contributed by atoms with Gasteiger partial charge in [0.05, 0.1) is 27.2 Å². The highest BCUT2D eigenvalue weighted by Gasteiger charge is 2.25. The molecule has 3 aromatic carbocycles. The summed E-state index contributed by atoms with van der Waals surface area (Å²) < 4.78 is 28.7. The van der Waals surface area contributed by atoms with Crippen LogP contribution in [0.4, 0.5) is 11.4 Å². The van der Waals surface area contributed by atoms with Crippen LogP contribution in [0, 0.1) is 0 Å². The van der Waals surface area contributed by atoms with Gasteiger partial charge in [0.15, 0.2) is 0 Å². The van der Waals surface area contributed by atoms with Gasteiger partial charge in [-0.1, -0.05) is 30.3 Å². The normalized spacial score (nSPS) is 14.4. The Morgan fingerprint density at radius 1 is 0.824 bits per heavy atom. The van der Waals surface area contributed by atoms with Crippen LogP contribution in [0.1, 0.15) is 10.4 Å². The third-order valence-corrected chi connectivity index (χ3v) is 7.25. The van der Waals surface area contributed by atoms with Crippen LogP contribution in [-0.4, -0.2) is 55.4 Å². The molecule has 3 N–H and O–H groups in total. The predicted octanol–water partition coefficient (Wildman–Crippen LogP) is 2.62. The summed E-state index contributed by atoms with van der Waals surface area (Å²) in [4.78, 5) is 33.9. The zero-order valence-electron chi connectivity index (χ0n) is 18.2. The average molecular weight is 478 g/mol. The molecule has 9 nitrogen and oxygen atoms in total. The number of benzene rings is 3. The summed E-state index contributed by atoms with van der Waals surface area (Å²) >= 11 is 0. The van der Waals surface area contributed by atoms with Crippen molar-refractivity contribution in [2.45, 2.75) is 4.90 Å². The predicted molar refractivity (Wildman–Crippen MR) is 131 cm³/mol. The first kappa shape index (κ1) is 21.8. The van der Waals surface area contributed by atoms with Crippen LogP contribution in [0.3, 0.4) is 0 Å². The fourth-order valence-corrected chi connectivity index (χ4v) is 5.22. The molecule has 0 atom stereocenters. The van der Waals surface area contributed by atoms with E-state index in [0.717, 1.165) is 5.69 Å². The van der Waals surface area contributed by atoms with Gasteiger partial charge in [-0.2, -0.15) is 0 Å². The van der Waals surface area contributed by atoms with Crippen LogP contribution in [0.15, 0.2) is 82.5 Å². The highest BCUT2D eigenvalue weighted by atomic mass is 32.2. The Morgan fingerprint density at radius 2 is 1.50 bits per heavy atom. The molecule has 0 spiro atoms. The van der Waals surface area contributed by atoms with Gasteiger partial charge in [-0.25, -0.2) is 13.2 Å². The molecule has 10 heteroatoms. The van der Waals surface area contributed by atoms with Gasteiger partial charge >= 0.3 is 5.69 Å². The number of fused-ring (bicyclic) bond motifs is 1. The van der Waals surface area contributed by atoms with Gasteiger partial charge in [0.1, 0.15) is 0 Å². The van der Waals surface area contributed by atoms with E-state index in [1.807, 2.05) is 30.3 Å². The maximum absolute atomic E-state index is 13.3. The van der Waals surface area contributed by atoms with E-state index < -0.39 is 15.7 Å². The number of H-pyrrole nitrogens is 2. The van der Waals surface area contributed by atoms with E-state index in [-0.39, 0.29) is 22.1 Å². The number of anilines is 2. The molecule has 0 aliphatic carbocycles. The molecule has 1 aromatic heterocycles. The summed E-state index contributed by atoms with van der Waals surface area (Å²) in [5, 5.41) is 0. The summed E-state index contributed by atoms with van der Waals surface area (Å²) in [5.74, 6) is -0.226. The minimum absolute atomic E-state index is 0.0195. The first-order valence-electron chi connectivity index (χ1n) is 10.8. The van der Waals surface area contributed by atoms with Crippen molar-refractivity contribution in [2.24, 2.45) is 0 Å². The Balaban J connectivity index is 1.35. The Bertz CT molecular complexity index is 1500. The zero-order chi connectivity index (χ0) is 23.7. The van der Waals surface area contributed by atoms with Gasteiger partial charge in [-0.05, 0) is 42.5 Å². The molecule has 2 heterocycles. The number of hydrogen-bond donors (Lipinski definition) is 3. The fourth-order valence-electron chi connectivity index (χ4n) is 4.12. The van der Waals surface area contributed by atoms with Crippen molar-refractivity contribution in [3.63, 3.8) is 0 Å². The minimum Gasteiger partial charge on any atom is -0.368 e. The highest BCUT2D eigenvalue weighted by Crippen LogP contribution is 2.24. The van der Waals surface area contributed by atoms with Crippen LogP contribution >= 0.6 is 0 Å². The van der Waals surface area contributed by atoms with Gasteiger partial charge in [0, 0.05) is 31.9 Å². The maximum atomic E-state index is 13.3. The van der Waals surface area contributed by atoms with Crippen molar-refractivity contribution in [2.75, 3.05) is 35.8 Å². The van der Waals surface area contributed by atoms with Crippen molar-refractivity contribution >= 4 is 38.3 Å². The number of amides is 1. The lowest BCUT2D eigenvalue weighted by Gasteiger charge is -2.36. The molecule has 174 valence electrons. The van der Waals surface area contributed by atoms with Crippen LogP contribution in [0.25, 0.3) is 11.0 Å². The van der Waals surface area contributed by atoms with E-state index in [2.05, 4.69) is 19.6 Å². The van der Waals surface area contributed by atoms with Crippen LogP contribution in [0.2, 0.25) is 0 Å². The number of rotatable bonds is 5. The van der Waals surface area contributed by atoms with Gasteiger partial charge in [-0.15, -0.1) is 0 Å². The van der Waals surface area contributed by atoms with Crippen molar-refractivity contribution < 1.29 is 13.2 Å². The molecule has 4 aromatic rings. The number of nitrogens with zero attached hydrogens (tertiary/aromatic N) is 2. The molecular formula is C24H23N5O4S. The smallest absolute Gasteiger partial charge is 0.323 e. The van der Waals surface area contributed by atoms with Crippen LogP contribution < -0.4 is 15.3 Å². The highest BCUT2D eigenvalue weighted by molar-refractivity contribution is 7.92. The monoisotopic (exact) mass is 477 g/mol. The molecule has 0 radical (unpaired) electrons. The standard InChI is InChI=1S/C24H23N5O4S/c30-23(29-14-12-28(13-15-29)17-6-2-1-3-7-17)19-8-4-5-9-20(19)27-34(32,33)18-10-11-21-22(16-18)26-24(31)25-21/h1-11,16,27H,12-15H2,(H2,25,26,31). The molecule has 5 rings (SSSR count). The quantitative estimate of drug-likeness (QED) is 0.408. The van der Waals surface area contributed by atoms with E-state index >= 15 is 0 Å². The molecule has 34 heavy (non-hydrogen) atoms. The van der Waals surface area contributed by atoms with Gasteiger partial charge in [0.25, 0.3) is 15.9 Å². The van der Waals surface area contributed by atoms with Gasteiger partial charge in [0.2, 0.25) is 0 Å². The molecule has 0 saturated carbocycles. The van der Waals surface area contributed by atoms with Gasteiger partial charge in [-0.3, -0.25) is 9.52 Å². The number of aromatic amines is 2. The first-order chi connectivity index (χ1) is 16.4. The third-order valence-electron chi connectivity index (χ3n) is 5.89. The SMILES string of the molecule is O=C(c1ccccc1NS(=O)(=O)c1ccc2[nH]c(=O)[nH]c2c1)N1CCN(c2ccccc2)CC1. The lowest BCUT2D eigenvalue weighted by Crippen LogP contribution is -2.48. The Kier molecular flexibility index (Phi) is 5.58. The molecule has 1 saturated heterocycles. The summed E-state index contributed by atoms with van der Waals surface area (Å²) in [5.41, 5.74) is 2.09. The molecule has 1 amide bonds. The Hall–Kier alpha value is -4.05. The molecule has 0 unspecified atom stereocenters. The Morgan fingerprint density at radius 3 is 2.26 bits per heavy atom. The summed E-state index contributed by atoms with van der Waals surface area (Å²) in [6.45, 7) is 2.45. The van der Waals surface area contributed by atoms with Crippen molar-refractivity contribution in [1.29, 1.82) is 0 Å². The molecule has 1 aliphatic rings. The van der Waals surface area contributed by atoms with Crippen LogP contribution in [-0.2, 0) is 10.0 Å². The van der Waals surface area contributed by atoms with Crippen molar-refractivity contribution in [3.05, 3.63) is 88.8 Å². The van der Waals surface area contributed by atoms with E-state index in [0.29, 0.717) is 37.2 Å². The molecule has 0 bridgehead atoms. The molecular weight excluding hydrogens is 454 g/mol. The number of nitrogens with one attached hydrogen (secondary N) is 3. The number of carbonyl (C=O) groups excluding carboxylic acids is 1. The largest absolute Gasteiger partial charge is 0.368 e. The second-order valence-electron chi connectivity index (χ2n) is 8.05. The van der Waals surface area contributed by atoms with E-state index in [4.69, 9.17) is 0 Å². The Labute approximate surface area is 196 Å². The number of para-hydroxylation sites is 2. The second-order valence-corrected chi connectivity index (χ2v) is 9.73. The lowest BCUT2D eigenvalue weighted by molar-refractivity contribution is 0.0748. The zero-order valence-corrected chi connectivity index (χ0v) is 19.0. The maximum Gasteiger partial charge on any atom is 0.323 e.